The lowest BCUT2D eigenvalue weighted by Gasteiger charge is -2.13. The second kappa shape index (κ2) is 7.99. The summed E-state index contributed by atoms with van der Waals surface area (Å²) in [6.45, 7) is 1.68. The molecular formula is C18H14BrClN2O2S. The number of nitrogens with zero attached hydrogens (tertiary/aromatic N) is 1. The molecule has 1 heterocycles. The van der Waals surface area contributed by atoms with Gasteiger partial charge in [0.05, 0.1) is 5.69 Å². The number of thiazole rings is 1. The molecule has 3 aromatic rings. The van der Waals surface area contributed by atoms with Crippen molar-refractivity contribution in [3.63, 3.8) is 0 Å². The number of carbonyl (C=O) groups is 1. The fourth-order valence-electron chi connectivity index (χ4n) is 2.09. The summed E-state index contributed by atoms with van der Waals surface area (Å²) in [5.41, 5.74) is 1.80. The first-order valence-electron chi connectivity index (χ1n) is 7.46. The van der Waals surface area contributed by atoms with Crippen molar-refractivity contribution < 1.29 is 9.53 Å². The minimum Gasteiger partial charge on any atom is -0.481 e. The minimum absolute atomic E-state index is 0.267. The Morgan fingerprint density at radius 2 is 2.04 bits per heavy atom. The van der Waals surface area contributed by atoms with Crippen molar-refractivity contribution in [3.8, 4) is 17.0 Å². The van der Waals surface area contributed by atoms with Gasteiger partial charge in [0.2, 0.25) is 0 Å². The summed E-state index contributed by atoms with van der Waals surface area (Å²) in [6.07, 6.45) is -0.668. The summed E-state index contributed by atoms with van der Waals surface area (Å²) in [4.78, 5) is 16.7. The van der Waals surface area contributed by atoms with Gasteiger partial charge in [-0.1, -0.05) is 45.7 Å². The van der Waals surface area contributed by atoms with Gasteiger partial charge in [0.15, 0.2) is 11.2 Å². The van der Waals surface area contributed by atoms with Crippen molar-refractivity contribution in [3.05, 3.63) is 63.4 Å². The first-order valence-corrected chi connectivity index (χ1v) is 9.51. The SMILES string of the molecule is CC(Oc1cccc(Cl)c1)C(=O)Nc1nc(-c2ccc(Br)cc2)cs1. The minimum atomic E-state index is -0.668. The molecule has 0 fully saturated rings. The van der Waals surface area contributed by atoms with E-state index < -0.39 is 6.10 Å². The van der Waals surface area contributed by atoms with Gasteiger partial charge in [0.1, 0.15) is 5.75 Å². The molecule has 4 nitrogen and oxygen atoms in total. The highest BCUT2D eigenvalue weighted by atomic mass is 79.9. The predicted molar refractivity (Wildman–Crippen MR) is 105 cm³/mol. The number of carbonyl (C=O) groups excluding carboxylic acids is 1. The third-order valence-electron chi connectivity index (χ3n) is 3.35. The van der Waals surface area contributed by atoms with E-state index in [2.05, 4.69) is 26.2 Å². The Morgan fingerprint density at radius 1 is 1.28 bits per heavy atom. The molecule has 1 aromatic heterocycles. The van der Waals surface area contributed by atoms with Crippen molar-refractivity contribution in [1.82, 2.24) is 4.98 Å². The number of aromatic nitrogens is 1. The van der Waals surface area contributed by atoms with Gasteiger partial charge in [-0.05, 0) is 37.3 Å². The Bertz CT molecular complexity index is 883. The van der Waals surface area contributed by atoms with E-state index in [0.717, 1.165) is 15.7 Å². The van der Waals surface area contributed by atoms with Crippen LogP contribution in [0, 0.1) is 0 Å². The molecule has 0 saturated carbocycles. The highest BCUT2D eigenvalue weighted by Gasteiger charge is 2.17. The molecule has 0 aliphatic heterocycles. The number of hydrogen-bond acceptors (Lipinski definition) is 4. The van der Waals surface area contributed by atoms with Crippen LogP contribution in [-0.2, 0) is 4.79 Å². The third-order valence-corrected chi connectivity index (χ3v) is 4.87. The molecule has 0 radical (unpaired) electrons. The quantitative estimate of drug-likeness (QED) is 0.562. The lowest BCUT2D eigenvalue weighted by atomic mass is 10.2. The molecule has 1 unspecified atom stereocenters. The zero-order valence-electron chi connectivity index (χ0n) is 13.2. The maximum absolute atomic E-state index is 12.3. The predicted octanol–water partition coefficient (Wildman–Crippen LogP) is 5.63. The van der Waals surface area contributed by atoms with Crippen molar-refractivity contribution in [2.45, 2.75) is 13.0 Å². The number of benzene rings is 2. The van der Waals surface area contributed by atoms with E-state index in [1.807, 2.05) is 29.6 Å². The van der Waals surface area contributed by atoms with Crippen LogP contribution >= 0.6 is 38.9 Å². The molecule has 1 N–H and O–H groups in total. The van der Waals surface area contributed by atoms with E-state index in [1.54, 1.807) is 31.2 Å². The molecule has 25 heavy (non-hydrogen) atoms. The molecular weight excluding hydrogens is 424 g/mol. The molecule has 3 rings (SSSR count). The van der Waals surface area contributed by atoms with E-state index in [1.165, 1.54) is 11.3 Å². The fourth-order valence-corrected chi connectivity index (χ4v) is 3.26. The Balaban J connectivity index is 1.64. The van der Waals surface area contributed by atoms with Crippen LogP contribution in [0.25, 0.3) is 11.3 Å². The Hall–Kier alpha value is -1.89. The molecule has 7 heteroatoms. The molecule has 1 amide bonds. The molecule has 128 valence electrons. The smallest absolute Gasteiger partial charge is 0.266 e. The summed E-state index contributed by atoms with van der Waals surface area (Å²) < 4.78 is 6.62. The highest BCUT2D eigenvalue weighted by Crippen LogP contribution is 2.26. The van der Waals surface area contributed by atoms with Gasteiger partial charge in [-0.15, -0.1) is 11.3 Å². The first kappa shape index (κ1) is 17.9. The normalized spacial score (nSPS) is 11.8. The van der Waals surface area contributed by atoms with E-state index in [-0.39, 0.29) is 5.91 Å². The van der Waals surface area contributed by atoms with Gasteiger partial charge in [-0.25, -0.2) is 4.98 Å². The van der Waals surface area contributed by atoms with E-state index in [0.29, 0.717) is 15.9 Å². The Labute approximate surface area is 162 Å². The van der Waals surface area contributed by atoms with Crippen LogP contribution in [0.15, 0.2) is 58.4 Å². The van der Waals surface area contributed by atoms with E-state index >= 15 is 0 Å². The maximum Gasteiger partial charge on any atom is 0.266 e. The van der Waals surface area contributed by atoms with Crippen LogP contribution in [0.5, 0.6) is 5.75 Å². The van der Waals surface area contributed by atoms with Crippen molar-refractivity contribution >= 4 is 49.9 Å². The Kier molecular flexibility index (Phi) is 5.73. The van der Waals surface area contributed by atoms with Gasteiger partial charge in [0, 0.05) is 20.4 Å². The van der Waals surface area contributed by atoms with Gasteiger partial charge >= 0.3 is 0 Å². The zero-order chi connectivity index (χ0) is 17.8. The van der Waals surface area contributed by atoms with Crippen LogP contribution in [0.1, 0.15) is 6.92 Å². The molecule has 1 atom stereocenters. The van der Waals surface area contributed by atoms with E-state index in [9.17, 15) is 4.79 Å². The van der Waals surface area contributed by atoms with Crippen LogP contribution in [0.2, 0.25) is 5.02 Å². The van der Waals surface area contributed by atoms with Crippen molar-refractivity contribution in [2.75, 3.05) is 5.32 Å². The summed E-state index contributed by atoms with van der Waals surface area (Å²) in [5.74, 6) is 0.279. The number of amides is 1. The molecule has 0 aliphatic rings. The average molecular weight is 438 g/mol. The lowest BCUT2D eigenvalue weighted by molar-refractivity contribution is -0.122. The van der Waals surface area contributed by atoms with Crippen molar-refractivity contribution in [1.29, 1.82) is 0 Å². The number of hydrogen-bond donors (Lipinski definition) is 1. The molecule has 0 saturated heterocycles. The standard InChI is InChI=1S/C18H14BrClN2O2S/c1-11(24-15-4-2-3-14(20)9-15)17(23)22-18-21-16(10-25-18)12-5-7-13(19)8-6-12/h2-11H,1H3,(H,21,22,23). The number of halogens is 2. The molecule has 0 spiro atoms. The Morgan fingerprint density at radius 3 is 2.76 bits per heavy atom. The van der Waals surface area contributed by atoms with Gasteiger partial charge in [-0.3, -0.25) is 10.1 Å². The fraction of sp³-hybridized carbons (Fsp3) is 0.111. The highest BCUT2D eigenvalue weighted by molar-refractivity contribution is 9.10. The number of ether oxygens (including phenoxy) is 1. The molecule has 0 bridgehead atoms. The molecule has 0 aliphatic carbocycles. The van der Waals surface area contributed by atoms with E-state index in [4.69, 9.17) is 16.3 Å². The summed E-state index contributed by atoms with van der Waals surface area (Å²) in [5, 5.41) is 5.77. The second-order valence-electron chi connectivity index (χ2n) is 5.25. The first-order chi connectivity index (χ1) is 12.0. The summed E-state index contributed by atoms with van der Waals surface area (Å²) in [7, 11) is 0. The largest absolute Gasteiger partial charge is 0.481 e. The average Bonchev–Trinajstić information content (AvgIpc) is 3.04. The van der Waals surface area contributed by atoms with Gasteiger partial charge < -0.3 is 4.74 Å². The number of anilines is 1. The topological polar surface area (TPSA) is 51.2 Å². The summed E-state index contributed by atoms with van der Waals surface area (Å²) in [6, 6.07) is 14.8. The van der Waals surface area contributed by atoms with Crippen LogP contribution in [-0.4, -0.2) is 17.0 Å². The van der Waals surface area contributed by atoms with Crippen LogP contribution < -0.4 is 10.1 Å². The van der Waals surface area contributed by atoms with Crippen molar-refractivity contribution in [2.24, 2.45) is 0 Å². The second-order valence-corrected chi connectivity index (χ2v) is 7.46. The zero-order valence-corrected chi connectivity index (χ0v) is 16.4. The van der Waals surface area contributed by atoms with Crippen LogP contribution in [0.3, 0.4) is 0 Å². The summed E-state index contributed by atoms with van der Waals surface area (Å²) >= 11 is 10.7. The van der Waals surface area contributed by atoms with Gasteiger partial charge in [-0.2, -0.15) is 0 Å². The number of rotatable bonds is 5. The number of nitrogens with one attached hydrogen (secondary N) is 1. The monoisotopic (exact) mass is 436 g/mol. The van der Waals surface area contributed by atoms with Crippen LogP contribution in [0.4, 0.5) is 5.13 Å². The lowest BCUT2D eigenvalue weighted by Crippen LogP contribution is -2.30. The third kappa shape index (κ3) is 4.81. The van der Waals surface area contributed by atoms with Gasteiger partial charge in [0.25, 0.3) is 5.91 Å². The maximum atomic E-state index is 12.3. The molecule has 2 aromatic carbocycles.